The van der Waals surface area contributed by atoms with Gasteiger partial charge in [-0.05, 0) is 74.9 Å². The number of aromatic nitrogens is 4. The van der Waals surface area contributed by atoms with Crippen LogP contribution in [0.4, 0.5) is 26.3 Å². The Bertz CT molecular complexity index is 2280. The van der Waals surface area contributed by atoms with Gasteiger partial charge in [0.1, 0.15) is 18.9 Å². The van der Waals surface area contributed by atoms with Gasteiger partial charge in [-0.25, -0.2) is 0 Å². The third kappa shape index (κ3) is 10.00. The van der Waals surface area contributed by atoms with Gasteiger partial charge in [0.25, 0.3) is 0 Å². The Labute approximate surface area is 365 Å². The van der Waals surface area contributed by atoms with E-state index in [0.717, 1.165) is 20.5 Å². The number of primary amides is 1. The molecule has 3 amide bonds. The van der Waals surface area contributed by atoms with Crippen LogP contribution < -0.4 is 11.5 Å². The molecule has 330 valence electrons. The van der Waals surface area contributed by atoms with E-state index in [1.54, 1.807) is 48.5 Å². The number of carbonyl (C=O) groups excluding carboxylic acids is 3. The van der Waals surface area contributed by atoms with Gasteiger partial charge in [0.05, 0.1) is 32.3 Å². The Hall–Kier alpha value is -4.72. The summed E-state index contributed by atoms with van der Waals surface area (Å²) in [6.45, 7) is 2.96. The number of benzene rings is 2. The molecule has 23 heteroatoms. The summed E-state index contributed by atoms with van der Waals surface area (Å²) < 4.78 is 79.8. The third-order valence-corrected chi connectivity index (χ3v) is 12.6. The molecule has 5 N–H and O–H groups in total. The number of amides is 3. The van der Waals surface area contributed by atoms with Crippen LogP contribution in [0.2, 0.25) is 20.1 Å². The minimum absolute atomic E-state index is 0.0199. The fraction of sp³-hybridized carbons (Fsp3) is 0.421. The molecule has 0 atom stereocenters. The van der Waals surface area contributed by atoms with Gasteiger partial charge < -0.3 is 26.5 Å². The maximum Gasteiger partial charge on any atom is 0.436 e. The van der Waals surface area contributed by atoms with E-state index in [0.29, 0.717) is 35.7 Å². The minimum Gasteiger partial charge on any atom is -0.409 e. The summed E-state index contributed by atoms with van der Waals surface area (Å²) in [4.78, 5) is 40.7. The molecule has 6 rings (SSSR count). The second kappa shape index (κ2) is 18.3. The zero-order chi connectivity index (χ0) is 45.2. The molecule has 0 unspecified atom stereocenters. The maximum absolute atomic E-state index is 13.0. The number of hydrogen-bond donors (Lipinski definition) is 3. The van der Waals surface area contributed by atoms with Crippen LogP contribution in [-0.4, -0.2) is 84.3 Å². The van der Waals surface area contributed by atoms with E-state index >= 15 is 0 Å². The number of nitrogens with zero attached hydrogens (tertiary/aromatic N) is 7. The number of alkyl halides is 6. The van der Waals surface area contributed by atoms with Crippen molar-refractivity contribution >= 4 is 70.0 Å². The van der Waals surface area contributed by atoms with E-state index in [1.165, 1.54) is 23.6 Å². The molecule has 13 nitrogen and oxygen atoms in total. The zero-order valence-corrected chi connectivity index (χ0v) is 35.5. The van der Waals surface area contributed by atoms with Crippen LogP contribution in [0.25, 0.3) is 0 Å². The molecule has 0 bridgehead atoms. The lowest BCUT2D eigenvalue weighted by atomic mass is 9.72. The average molecular weight is 942 g/mol. The first-order valence-electron chi connectivity index (χ1n) is 18.4. The summed E-state index contributed by atoms with van der Waals surface area (Å²) in [5.41, 5.74) is 9.17. The second-order valence-electron chi connectivity index (χ2n) is 14.6. The molecule has 2 saturated heterocycles. The highest BCUT2D eigenvalue weighted by Crippen LogP contribution is 2.40. The number of rotatable bonds is 8. The van der Waals surface area contributed by atoms with Crippen LogP contribution in [0.1, 0.15) is 59.6 Å². The summed E-state index contributed by atoms with van der Waals surface area (Å²) in [5, 5.41) is 19.4. The van der Waals surface area contributed by atoms with Crippen molar-refractivity contribution in [2.24, 2.45) is 16.6 Å². The van der Waals surface area contributed by atoms with Gasteiger partial charge in [0, 0.05) is 36.2 Å². The highest BCUT2D eigenvalue weighted by molar-refractivity contribution is 6.32. The lowest BCUT2D eigenvalue weighted by molar-refractivity contribution is -0.142. The van der Waals surface area contributed by atoms with Crippen molar-refractivity contribution in [1.82, 2.24) is 29.4 Å². The molecule has 0 saturated carbocycles. The van der Waals surface area contributed by atoms with Gasteiger partial charge in [0.15, 0.2) is 11.4 Å². The Morgan fingerprint density at radius 3 is 1.28 bits per heavy atom. The molecule has 2 aromatic heterocycles. The second-order valence-corrected chi connectivity index (χ2v) is 16.2. The first-order valence-corrected chi connectivity index (χ1v) is 19.9. The monoisotopic (exact) mass is 939 g/mol. The number of nitrogens with two attached hydrogens (primary N) is 2. The van der Waals surface area contributed by atoms with E-state index in [-0.39, 0.29) is 56.5 Å². The molecule has 4 aromatic rings. The molecule has 2 aliphatic rings. The van der Waals surface area contributed by atoms with Gasteiger partial charge in [-0.2, -0.15) is 36.5 Å². The number of carbonyl (C=O) groups is 3. The van der Waals surface area contributed by atoms with Crippen molar-refractivity contribution in [2.75, 3.05) is 26.2 Å². The largest absolute Gasteiger partial charge is 0.436 e. The number of likely N-dealkylation sites (tertiary alicyclic amines) is 2. The smallest absolute Gasteiger partial charge is 0.409 e. The van der Waals surface area contributed by atoms with E-state index in [2.05, 4.69) is 15.4 Å². The maximum atomic E-state index is 13.0. The molecular formula is C38H39Cl4F6N9O4. The van der Waals surface area contributed by atoms with Crippen LogP contribution in [0.5, 0.6) is 0 Å². The molecular weight excluding hydrogens is 902 g/mol. The van der Waals surface area contributed by atoms with Crippen molar-refractivity contribution < 1.29 is 45.9 Å². The predicted octanol–water partition coefficient (Wildman–Crippen LogP) is 7.39. The number of amidine groups is 1. The Balaban J connectivity index is 0.000000231. The van der Waals surface area contributed by atoms with Crippen molar-refractivity contribution in [3.05, 3.63) is 103 Å². The van der Waals surface area contributed by atoms with Gasteiger partial charge in [-0.1, -0.05) is 75.8 Å². The number of oxime groups is 1. The van der Waals surface area contributed by atoms with Gasteiger partial charge >= 0.3 is 12.4 Å². The normalized spacial score (nSPS) is 16.8. The summed E-state index contributed by atoms with van der Waals surface area (Å²) in [7, 11) is 0. The highest BCUT2D eigenvalue weighted by atomic mass is 35.5. The average Bonchev–Trinajstić information content (AvgIpc) is 3.67. The Morgan fingerprint density at radius 2 is 0.984 bits per heavy atom. The molecule has 0 radical (unpaired) electrons. The lowest BCUT2D eigenvalue weighted by Crippen LogP contribution is -2.52. The van der Waals surface area contributed by atoms with Crippen molar-refractivity contribution in [3.8, 4) is 0 Å². The fourth-order valence-electron chi connectivity index (χ4n) is 7.45. The predicted molar refractivity (Wildman–Crippen MR) is 214 cm³/mol. The third-order valence-electron chi connectivity index (χ3n) is 11.2. The van der Waals surface area contributed by atoms with E-state index in [4.69, 9.17) is 57.9 Å². The molecule has 2 aliphatic heterocycles. The van der Waals surface area contributed by atoms with E-state index < -0.39 is 62.3 Å². The SMILES string of the molecule is Cc1c(Cl)c(C(F)(F)F)nn1CC(=O)N1CCC(C(N)=NO)(c2ccc(Cl)cc2)CC1.Cc1c(Cl)c(C(F)(F)F)nn1CC(=O)N1CCC(C(N)=O)(c2ccc(Cl)cc2)CC1. The summed E-state index contributed by atoms with van der Waals surface area (Å²) >= 11 is 23.3. The van der Waals surface area contributed by atoms with Crippen molar-refractivity contribution in [2.45, 2.75) is 75.8 Å². The minimum atomic E-state index is -4.71. The Kier molecular flexibility index (Phi) is 14.2. The summed E-state index contributed by atoms with van der Waals surface area (Å²) in [5.74, 6) is -1.30. The van der Waals surface area contributed by atoms with Crippen LogP contribution in [-0.2, 0) is 50.7 Å². The standard InChI is InChI=1S/C19H20Cl2F3N5O2.C19H19Cl2F3N4O2/c1-11-15(21)16(19(22,23)24)26-29(11)10-14(30)28-8-6-18(7-9-28,17(25)27-31)12-2-4-13(20)5-3-12;1-11-15(21)16(19(22,23)24)26-28(11)10-14(29)27-8-6-18(7-9-27,17(25)30)12-2-4-13(20)5-3-12/h2-5,31H,6-10H2,1H3,(H2,25,27);2-5H,6-10H2,1H3,(H2,25,30). The van der Waals surface area contributed by atoms with Crippen LogP contribution >= 0.6 is 46.4 Å². The fourth-order valence-corrected chi connectivity index (χ4v) is 8.19. The van der Waals surface area contributed by atoms with Crippen molar-refractivity contribution in [3.63, 3.8) is 0 Å². The first kappa shape index (κ1) is 47.3. The summed E-state index contributed by atoms with van der Waals surface area (Å²) in [6, 6.07) is 13.8. The molecule has 4 heterocycles. The first-order chi connectivity index (χ1) is 28.4. The van der Waals surface area contributed by atoms with E-state index in [9.17, 15) is 45.9 Å². The van der Waals surface area contributed by atoms with Crippen molar-refractivity contribution in [1.29, 1.82) is 0 Å². The van der Waals surface area contributed by atoms with Crippen LogP contribution in [0.15, 0.2) is 53.7 Å². The van der Waals surface area contributed by atoms with Gasteiger partial charge in [0.2, 0.25) is 17.7 Å². The highest BCUT2D eigenvalue weighted by Gasteiger charge is 2.44. The van der Waals surface area contributed by atoms with Crippen LogP contribution in [0.3, 0.4) is 0 Å². The van der Waals surface area contributed by atoms with Gasteiger partial charge in [-0.3, -0.25) is 23.7 Å². The lowest BCUT2D eigenvalue weighted by Gasteiger charge is -2.41. The molecule has 2 fully saturated rings. The quantitative estimate of drug-likeness (QED) is 0.0542. The molecule has 61 heavy (non-hydrogen) atoms. The zero-order valence-electron chi connectivity index (χ0n) is 32.4. The van der Waals surface area contributed by atoms with Gasteiger partial charge in [-0.15, -0.1) is 0 Å². The Morgan fingerprint density at radius 1 is 0.656 bits per heavy atom. The molecule has 2 aromatic carbocycles. The van der Waals surface area contributed by atoms with Crippen LogP contribution in [0, 0.1) is 13.8 Å². The topological polar surface area (TPSA) is 178 Å². The number of hydrogen-bond acceptors (Lipinski definition) is 7. The summed E-state index contributed by atoms with van der Waals surface area (Å²) in [6.07, 6.45) is -8.10. The number of piperidine rings is 2. The molecule has 0 aliphatic carbocycles. The van der Waals surface area contributed by atoms with E-state index in [1.807, 2.05) is 0 Å². The number of halogens is 10. The molecule has 0 spiro atoms.